The average molecular weight is 473 g/mol. The molecule has 168 valence electrons. The summed E-state index contributed by atoms with van der Waals surface area (Å²) in [5, 5.41) is 1.74. The molecule has 0 spiro atoms. The number of nitrogens with one attached hydrogen (secondary N) is 1. The molecule has 2 aromatic carbocycles. The van der Waals surface area contributed by atoms with Crippen molar-refractivity contribution in [3.05, 3.63) is 65.2 Å². The van der Waals surface area contributed by atoms with E-state index in [2.05, 4.69) is 39.7 Å². The maximum atomic E-state index is 12.9. The summed E-state index contributed by atoms with van der Waals surface area (Å²) in [6.07, 6.45) is 0. The van der Waals surface area contributed by atoms with E-state index in [1.54, 1.807) is 22.4 Å². The summed E-state index contributed by atoms with van der Waals surface area (Å²) < 4.78 is 32.7. The highest BCUT2D eigenvalue weighted by molar-refractivity contribution is 7.93. The van der Waals surface area contributed by atoms with Crippen molar-refractivity contribution >= 4 is 38.1 Å². The molecule has 0 aliphatic carbocycles. The third-order valence-electron chi connectivity index (χ3n) is 5.25. The zero-order valence-corrected chi connectivity index (χ0v) is 19.4. The van der Waals surface area contributed by atoms with E-state index < -0.39 is 10.0 Å². The van der Waals surface area contributed by atoms with E-state index in [9.17, 15) is 13.2 Å². The molecule has 1 aliphatic rings. The molecule has 1 N–H and O–H groups in total. The van der Waals surface area contributed by atoms with Gasteiger partial charge in [-0.2, -0.15) is 0 Å². The molecule has 1 fully saturated rings. The quantitative estimate of drug-likeness (QED) is 0.592. The molecular formula is C22H24N4O4S2. The van der Waals surface area contributed by atoms with Crippen LogP contribution in [0.1, 0.15) is 16.1 Å². The molecule has 1 aromatic heterocycles. The minimum Gasteiger partial charge on any atom is -0.497 e. The first-order valence-corrected chi connectivity index (χ1v) is 12.5. The standard InChI is InChI=1S/C22H24N4O4S2/c1-16-4-3-5-17(14-16)25-10-12-26(13-11-25)21(27)20-15-31-22(23-20)24-32(28,29)19-8-6-18(30-2)7-9-19/h3-9,14-15H,10-13H2,1-2H3,(H,23,24). The molecule has 2 heterocycles. The maximum absolute atomic E-state index is 12.9. The Labute approximate surface area is 191 Å². The number of anilines is 2. The molecule has 1 amide bonds. The van der Waals surface area contributed by atoms with Crippen molar-refractivity contribution in [1.82, 2.24) is 9.88 Å². The van der Waals surface area contributed by atoms with Gasteiger partial charge in [-0.25, -0.2) is 13.4 Å². The lowest BCUT2D eigenvalue weighted by Gasteiger charge is -2.36. The zero-order chi connectivity index (χ0) is 22.7. The second kappa shape index (κ2) is 9.17. The van der Waals surface area contributed by atoms with Gasteiger partial charge >= 0.3 is 0 Å². The van der Waals surface area contributed by atoms with Gasteiger partial charge in [-0.15, -0.1) is 11.3 Å². The molecule has 3 aromatic rings. The highest BCUT2D eigenvalue weighted by atomic mass is 32.2. The third kappa shape index (κ3) is 4.86. The molecule has 0 saturated carbocycles. The minimum atomic E-state index is -3.81. The highest BCUT2D eigenvalue weighted by Crippen LogP contribution is 2.23. The molecule has 1 saturated heterocycles. The second-order valence-corrected chi connectivity index (χ2v) is 9.98. The number of carbonyl (C=O) groups is 1. The summed E-state index contributed by atoms with van der Waals surface area (Å²) in [4.78, 5) is 21.2. The zero-order valence-electron chi connectivity index (χ0n) is 17.8. The van der Waals surface area contributed by atoms with Gasteiger partial charge in [0.05, 0.1) is 12.0 Å². The fraction of sp³-hybridized carbons (Fsp3) is 0.273. The van der Waals surface area contributed by atoms with Gasteiger partial charge in [0.25, 0.3) is 15.9 Å². The van der Waals surface area contributed by atoms with Crippen molar-refractivity contribution in [2.75, 3.05) is 42.9 Å². The van der Waals surface area contributed by atoms with Crippen molar-refractivity contribution in [1.29, 1.82) is 0 Å². The summed E-state index contributed by atoms with van der Waals surface area (Å²) in [6.45, 7) is 4.69. The molecule has 10 heteroatoms. The maximum Gasteiger partial charge on any atom is 0.273 e. The number of nitrogens with zero attached hydrogens (tertiary/aromatic N) is 3. The molecule has 1 aliphatic heterocycles. The van der Waals surface area contributed by atoms with Crippen molar-refractivity contribution < 1.29 is 17.9 Å². The minimum absolute atomic E-state index is 0.0913. The van der Waals surface area contributed by atoms with Crippen LogP contribution in [0.5, 0.6) is 5.75 Å². The first-order valence-electron chi connectivity index (χ1n) is 10.1. The van der Waals surface area contributed by atoms with Gasteiger partial charge in [-0.3, -0.25) is 9.52 Å². The van der Waals surface area contributed by atoms with E-state index in [-0.39, 0.29) is 21.6 Å². The van der Waals surface area contributed by atoms with Crippen molar-refractivity contribution in [3.63, 3.8) is 0 Å². The number of hydrogen-bond acceptors (Lipinski definition) is 7. The van der Waals surface area contributed by atoms with Crippen LogP contribution >= 0.6 is 11.3 Å². The van der Waals surface area contributed by atoms with Gasteiger partial charge in [-0.1, -0.05) is 12.1 Å². The topological polar surface area (TPSA) is 91.8 Å². The number of methoxy groups -OCH3 is 1. The van der Waals surface area contributed by atoms with Crippen molar-refractivity contribution in [3.8, 4) is 5.75 Å². The van der Waals surface area contributed by atoms with Crippen molar-refractivity contribution in [2.24, 2.45) is 0 Å². The highest BCUT2D eigenvalue weighted by Gasteiger charge is 2.25. The predicted molar refractivity (Wildman–Crippen MR) is 125 cm³/mol. The molecular weight excluding hydrogens is 448 g/mol. The van der Waals surface area contributed by atoms with Gasteiger partial charge < -0.3 is 14.5 Å². The van der Waals surface area contributed by atoms with Gasteiger partial charge in [0.15, 0.2) is 5.13 Å². The Bertz CT molecular complexity index is 1200. The number of sulfonamides is 1. The lowest BCUT2D eigenvalue weighted by Crippen LogP contribution is -2.48. The molecule has 0 unspecified atom stereocenters. The summed E-state index contributed by atoms with van der Waals surface area (Å²) in [5.41, 5.74) is 2.60. The summed E-state index contributed by atoms with van der Waals surface area (Å²) in [6, 6.07) is 14.4. The number of carbonyl (C=O) groups excluding carboxylic acids is 1. The van der Waals surface area contributed by atoms with Gasteiger partial charge in [0.1, 0.15) is 11.4 Å². The predicted octanol–water partition coefficient (Wildman–Crippen LogP) is 3.22. The monoisotopic (exact) mass is 472 g/mol. The number of hydrogen-bond donors (Lipinski definition) is 1. The summed E-state index contributed by atoms with van der Waals surface area (Å²) in [7, 11) is -2.29. The van der Waals surface area contributed by atoms with Crippen LogP contribution in [0.3, 0.4) is 0 Å². The smallest absolute Gasteiger partial charge is 0.273 e. The van der Waals surface area contributed by atoms with Crippen LogP contribution in [0.4, 0.5) is 10.8 Å². The Morgan fingerprint density at radius 1 is 1.09 bits per heavy atom. The number of amides is 1. The Balaban J connectivity index is 1.38. The van der Waals surface area contributed by atoms with Crippen molar-refractivity contribution in [2.45, 2.75) is 11.8 Å². The van der Waals surface area contributed by atoms with Crippen LogP contribution in [0.15, 0.2) is 58.8 Å². The van der Waals surface area contributed by atoms with E-state index in [4.69, 9.17) is 4.74 Å². The summed E-state index contributed by atoms with van der Waals surface area (Å²) >= 11 is 1.09. The van der Waals surface area contributed by atoms with Crippen LogP contribution in [0, 0.1) is 6.92 Å². The van der Waals surface area contributed by atoms with Gasteiger partial charge in [0, 0.05) is 37.2 Å². The Kier molecular flexibility index (Phi) is 6.33. The van der Waals surface area contributed by atoms with Crippen LogP contribution in [0.25, 0.3) is 0 Å². The van der Waals surface area contributed by atoms with Crippen LogP contribution in [-0.4, -0.2) is 57.5 Å². The lowest BCUT2D eigenvalue weighted by atomic mass is 10.2. The molecule has 0 radical (unpaired) electrons. The number of benzene rings is 2. The van der Waals surface area contributed by atoms with Crippen LogP contribution in [0.2, 0.25) is 0 Å². The fourth-order valence-electron chi connectivity index (χ4n) is 3.50. The van der Waals surface area contributed by atoms with Gasteiger partial charge in [-0.05, 0) is 48.9 Å². The second-order valence-electron chi connectivity index (χ2n) is 7.44. The molecule has 0 atom stereocenters. The Morgan fingerprint density at radius 3 is 2.47 bits per heavy atom. The fourth-order valence-corrected chi connectivity index (χ4v) is 5.44. The van der Waals surface area contributed by atoms with E-state index >= 15 is 0 Å². The molecule has 0 bridgehead atoms. The number of aromatic nitrogens is 1. The lowest BCUT2D eigenvalue weighted by molar-refractivity contribution is 0.0741. The third-order valence-corrected chi connectivity index (χ3v) is 7.49. The molecule has 32 heavy (non-hydrogen) atoms. The number of ether oxygens (including phenoxy) is 1. The van der Waals surface area contributed by atoms with Gasteiger partial charge in [0.2, 0.25) is 0 Å². The summed E-state index contributed by atoms with van der Waals surface area (Å²) in [5.74, 6) is 0.369. The Morgan fingerprint density at radius 2 is 1.81 bits per heavy atom. The molecule has 8 nitrogen and oxygen atoms in total. The number of rotatable bonds is 6. The SMILES string of the molecule is COc1ccc(S(=O)(=O)Nc2nc(C(=O)N3CCN(c4cccc(C)c4)CC3)cs2)cc1. The van der Waals surface area contributed by atoms with E-state index in [0.717, 1.165) is 30.1 Å². The molecule has 4 rings (SSSR count). The Hall–Kier alpha value is -3.11. The largest absolute Gasteiger partial charge is 0.497 e. The average Bonchev–Trinajstić information content (AvgIpc) is 3.26. The number of piperazine rings is 1. The van der Waals surface area contributed by atoms with E-state index in [1.165, 1.54) is 24.8 Å². The van der Waals surface area contributed by atoms with E-state index in [0.29, 0.717) is 18.8 Å². The van der Waals surface area contributed by atoms with E-state index in [1.807, 2.05) is 6.07 Å². The number of thiazole rings is 1. The normalized spacial score (nSPS) is 14.3. The number of aryl methyl sites for hydroxylation is 1. The first kappa shape index (κ1) is 22.1. The van der Waals surface area contributed by atoms with Crippen LogP contribution < -0.4 is 14.4 Å². The first-order chi connectivity index (χ1) is 15.4. The van der Waals surface area contributed by atoms with Crippen LogP contribution in [-0.2, 0) is 10.0 Å².